The van der Waals surface area contributed by atoms with Crippen LogP contribution in [0.3, 0.4) is 0 Å². The Hall–Kier alpha value is -2.90. The second-order valence-corrected chi connectivity index (χ2v) is 5.66. The van der Waals surface area contributed by atoms with Crippen molar-refractivity contribution in [2.24, 2.45) is 0 Å². The number of aromatic amines is 2. The number of hydrogen-bond acceptors (Lipinski definition) is 4. The summed E-state index contributed by atoms with van der Waals surface area (Å²) in [5.74, 6) is 0.430. The van der Waals surface area contributed by atoms with Gasteiger partial charge in [-0.25, -0.2) is 14.4 Å². The number of hydrogen-bond donors (Lipinski definition) is 2. The summed E-state index contributed by atoms with van der Waals surface area (Å²) in [6.07, 6.45) is 6.13. The molecule has 1 saturated heterocycles. The van der Waals surface area contributed by atoms with Crippen LogP contribution in [0.25, 0.3) is 5.52 Å². The maximum absolute atomic E-state index is 13.0. The minimum absolute atomic E-state index is 0.0836. The molecule has 3 aromatic heterocycles. The minimum Gasteiger partial charge on any atom is -0.328 e. The van der Waals surface area contributed by atoms with Crippen LogP contribution in [0.2, 0.25) is 0 Å². The molecule has 4 heterocycles. The summed E-state index contributed by atoms with van der Waals surface area (Å²) in [7, 11) is 0. The summed E-state index contributed by atoms with van der Waals surface area (Å²) >= 11 is 0. The molecule has 0 unspecified atom stereocenters. The van der Waals surface area contributed by atoms with Gasteiger partial charge in [-0.1, -0.05) is 6.07 Å². The predicted octanol–water partition coefficient (Wildman–Crippen LogP) is 1.11. The smallest absolute Gasteiger partial charge is 0.328 e. The van der Waals surface area contributed by atoms with Gasteiger partial charge in [0.1, 0.15) is 0 Å². The van der Waals surface area contributed by atoms with Crippen LogP contribution < -0.4 is 5.69 Å². The van der Waals surface area contributed by atoms with Crippen molar-refractivity contribution in [3.05, 3.63) is 52.5 Å². The number of pyridine rings is 1. The van der Waals surface area contributed by atoms with Gasteiger partial charge in [0.25, 0.3) is 5.91 Å². The zero-order chi connectivity index (χ0) is 15.8. The van der Waals surface area contributed by atoms with Crippen LogP contribution >= 0.6 is 0 Å². The monoisotopic (exact) mass is 312 g/mol. The molecule has 0 aromatic carbocycles. The maximum atomic E-state index is 13.0. The number of piperidine rings is 1. The maximum Gasteiger partial charge on any atom is 0.340 e. The minimum atomic E-state index is -0.353. The van der Waals surface area contributed by atoms with E-state index < -0.39 is 0 Å². The van der Waals surface area contributed by atoms with E-state index in [4.69, 9.17) is 0 Å². The number of fused-ring (bicyclic) bond motifs is 1. The van der Waals surface area contributed by atoms with Crippen molar-refractivity contribution < 1.29 is 4.79 Å². The molecule has 23 heavy (non-hydrogen) atoms. The lowest BCUT2D eigenvalue weighted by Gasteiger charge is -2.34. The van der Waals surface area contributed by atoms with Gasteiger partial charge in [0, 0.05) is 12.7 Å². The van der Waals surface area contributed by atoms with Crippen molar-refractivity contribution in [3.8, 4) is 0 Å². The van der Waals surface area contributed by atoms with Crippen molar-refractivity contribution in [2.45, 2.75) is 25.3 Å². The number of aromatic nitrogens is 5. The molecule has 118 valence electrons. The molecule has 1 amide bonds. The van der Waals surface area contributed by atoms with E-state index >= 15 is 0 Å². The first-order chi connectivity index (χ1) is 11.2. The largest absolute Gasteiger partial charge is 0.340 e. The molecular formula is C15H16N6O2. The lowest BCUT2D eigenvalue weighted by Crippen LogP contribution is -2.39. The molecule has 1 aliphatic rings. The van der Waals surface area contributed by atoms with Gasteiger partial charge in [0.2, 0.25) is 0 Å². The Kier molecular flexibility index (Phi) is 3.22. The van der Waals surface area contributed by atoms with Crippen LogP contribution in [0.4, 0.5) is 0 Å². The highest BCUT2D eigenvalue weighted by Gasteiger charge is 2.32. The number of H-pyrrole nitrogens is 2. The fourth-order valence-corrected chi connectivity index (χ4v) is 3.15. The SMILES string of the molecule is O=C(c1cnn2ccccc12)N1CCCC[C@H]1c1n[nH]c(=O)[nH]1. The summed E-state index contributed by atoms with van der Waals surface area (Å²) in [6.45, 7) is 0.641. The van der Waals surface area contributed by atoms with Crippen LogP contribution in [0.5, 0.6) is 0 Å². The Bertz CT molecular complexity index is 908. The molecule has 0 aliphatic carbocycles. The van der Waals surface area contributed by atoms with E-state index in [2.05, 4.69) is 20.3 Å². The summed E-state index contributed by atoms with van der Waals surface area (Å²) in [5, 5.41) is 10.6. The Balaban J connectivity index is 1.72. The lowest BCUT2D eigenvalue weighted by atomic mass is 10.0. The van der Waals surface area contributed by atoms with Crippen LogP contribution in [0.15, 0.2) is 35.4 Å². The molecule has 2 N–H and O–H groups in total. The molecule has 0 bridgehead atoms. The number of carbonyl (C=O) groups is 1. The highest BCUT2D eigenvalue weighted by atomic mass is 16.2. The van der Waals surface area contributed by atoms with Crippen molar-refractivity contribution in [2.75, 3.05) is 6.54 Å². The fraction of sp³-hybridized carbons (Fsp3) is 0.333. The van der Waals surface area contributed by atoms with E-state index in [-0.39, 0.29) is 17.6 Å². The Morgan fingerprint density at radius 2 is 2.22 bits per heavy atom. The molecule has 3 aromatic rings. The van der Waals surface area contributed by atoms with Gasteiger partial charge >= 0.3 is 5.69 Å². The third kappa shape index (κ3) is 2.32. The number of likely N-dealkylation sites (tertiary alicyclic amines) is 1. The average molecular weight is 312 g/mol. The zero-order valence-corrected chi connectivity index (χ0v) is 12.4. The van der Waals surface area contributed by atoms with Gasteiger partial charge < -0.3 is 4.90 Å². The van der Waals surface area contributed by atoms with Crippen molar-refractivity contribution in [1.82, 2.24) is 29.7 Å². The summed E-state index contributed by atoms with van der Waals surface area (Å²) in [4.78, 5) is 28.8. The number of rotatable bonds is 2. The number of nitrogens with one attached hydrogen (secondary N) is 2. The standard InChI is InChI=1S/C15H16N6O2/c22-14(10-9-16-21-8-4-2-5-11(10)21)20-7-3-1-6-12(20)13-17-15(23)19-18-13/h2,4-5,8-9,12H,1,3,6-7H2,(H2,17,18,19,23)/t12-/m0/s1. The van der Waals surface area contributed by atoms with Crippen LogP contribution in [0, 0.1) is 0 Å². The van der Waals surface area contributed by atoms with Gasteiger partial charge in [-0.15, -0.1) is 0 Å². The fourth-order valence-electron chi connectivity index (χ4n) is 3.15. The zero-order valence-electron chi connectivity index (χ0n) is 12.4. The van der Waals surface area contributed by atoms with Crippen LogP contribution in [-0.4, -0.2) is 42.1 Å². The van der Waals surface area contributed by atoms with E-state index in [1.165, 1.54) is 0 Å². The molecule has 4 rings (SSSR count). The Labute approximate surface area is 131 Å². The van der Waals surface area contributed by atoms with Gasteiger partial charge in [-0.2, -0.15) is 10.2 Å². The first-order valence-electron chi connectivity index (χ1n) is 7.62. The van der Waals surface area contributed by atoms with E-state index in [0.29, 0.717) is 17.9 Å². The van der Waals surface area contributed by atoms with Crippen LogP contribution in [-0.2, 0) is 0 Å². The van der Waals surface area contributed by atoms with Crippen molar-refractivity contribution in [1.29, 1.82) is 0 Å². The topological polar surface area (TPSA) is 99.2 Å². The lowest BCUT2D eigenvalue weighted by molar-refractivity contribution is 0.0602. The van der Waals surface area contributed by atoms with E-state index in [1.54, 1.807) is 15.6 Å². The molecule has 1 atom stereocenters. The van der Waals surface area contributed by atoms with Gasteiger partial charge in [-0.3, -0.25) is 9.78 Å². The predicted molar refractivity (Wildman–Crippen MR) is 82.0 cm³/mol. The van der Waals surface area contributed by atoms with Crippen molar-refractivity contribution in [3.63, 3.8) is 0 Å². The summed E-state index contributed by atoms with van der Waals surface area (Å²) in [5.41, 5.74) is 0.988. The molecule has 1 fully saturated rings. The normalized spacial score (nSPS) is 18.4. The number of amides is 1. The van der Waals surface area contributed by atoms with Crippen LogP contribution in [0.1, 0.15) is 41.5 Å². The third-order valence-corrected chi connectivity index (χ3v) is 4.26. The van der Waals surface area contributed by atoms with E-state index in [0.717, 1.165) is 24.8 Å². The van der Waals surface area contributed by atoms with Gasteiger partial charge in [0.15, 0.2) is 5.82 Å². The highest BCUT2D eigenvalue weighted by molar-refractivity contribution is 6.00. The molecule has 0 radical (unpaired) electrons. The highest BCUT2D eigenvalue weighted by Crippen LogP contribution is 2.30. The molecule has 0 saturated carbocycles. The third-order valence-electron chi connectivity index (χ3n) is 4.26. The van der Waals surface area contributed by atoms with Gasteiger partial charge in [-0.05, 0) is 31.4 Å². The van der Waals surface area contributed by atoms with Crippen molar-refractivity contribution >= 4 is 11.4 Å². The van der Waals surface area contributed by atoms with E-state index in [9.17, 15) is 9.59 Å². The second kappa shape index (κ2) is 5.38. The first kappa shape index (κ1) is 13.7. The first-order valence-corrected chi connectivity index (χ1v) is 7.62. The number of nitrogens with zero attached hydrogens (tertiary/aromatic N) is 4. The average Bonchev–Trinajstić information content (AvgIpc) is 3.20. The van der Waals surface area contributed by atoms with Gasteiger partial charge in [0.05, 0.1) is 23.3 Å². The molecule has 1 aliphatic heterocycles. The molecular weight excluding hydrogens is 296 g/mol. The molecule has 8 nitrogen and oxygen atoms in total. The van der Waals surface area contributed by atoms with E-state index in [1.807, 2.05) is 24.4 Å². The molecule has 0 spiro atoms. The molecule has 8 heteroatoms. The number of carbonyl (C=O) groups excluding carboxylic acids is 1. The quantitative estimate of drug-likeness (QED) is 0.740. The second-order valence-electron chi connectivity index (χ2n) is 5.66. The summed E-state index contributed by atoms with van der Waals surface area (Å²) in [6, 6.07) is 5.41. The summed E-state index contributed by atoms with van der Waals surface area (Å²) < 4.78 is 1.68. The Morgan fingerprint density at radius 1 is 1.30 bits per heavy atom. The Morgan fingerprint density at radius 3 is 3.04 bits per heavy atom.